The van der Waals surface area contributed by atoms with Crippen LogP contribution in [-0.2, 0) is 17.6 Å². The average Bonchev–Trinajstić information content (AvgIpc) is 3.29. The molecule has 7 nitrogen and oxygen atoms in total. The number of rotatable bonds is 5. The van der Waals surface area contributed by atoms with Gasteiger partial charge in [0.2, 0.25) is 5.91 Å². The van der Waals surface area contributed by atoms with E-state index < -0.39 is 0 Å². The number of fused-ring (bicyclic) bond motifs is 2. The van der Waals surface area contributed by atoms with Crippen molar-refractivity contribution >= 4 is 22.8 Å². The van der Waals surface area contributed by atoms with E-state index in [9.17, 15) is 4.79 Å². The van der Waals surface area contributed by atoms with Crippen LogP contribution in [0, 0.1) is 11.8 Å². The van der Waals surface area contributed by atoms with Crippen LogP contribution in [0.15, 0.2) is 12.3 Å². The van der Waals surface area contributed by atoms with E-state index in [1.165, 1.54) is 17.7 Å². The number of imidazole rings is 1. The smallest absolute Gasteiger partial charge is 0.227 e. The molecule has 0 bridgehead atoms. The number of aryl methyl sites for hydroxylation is 1. The highest BCUT2D eigenvalue weighted by molar-refractivity contribution is 5.94. The molecule has 2 N–H and O–H groups in total. The third-order valence-corrected chi connectivity index (χ3v) is 5.92. The van der Waals surface area contributed by atoms with E-state index in [-0.39, 0.29) is 5.91 Å². The van der Waals surface area contributed by atoms with Crippen LogP contribution in [0.2, 0.25) is 0 Å². The molecule has 0 spiro atoms. The largest absolute Gasteiger partial charge is 0.335 e. The molecule has 1 aliphatic rings. The van der Waals surface area contributed by atoms with Gasteiger partial charge in [-0.3, -0.25) is 9.89 Å². The predicted molar refractivity (Wildman–Crippen MR) is 110 cm³/mol. The summed E-state index contributed by atoms with van der Waals surface area (Å²) in [5.41, 5.74) is 5.60. The number of carbonyl (C=O) groups excluding carboxylic acids is 1. The average molecular weight is 380 g/mol. The highest BCUT2D eigenvalue weighted by Gasteiger charge is 2.24. The SMILES string of the molecule is CCC(C)CC(=O)N(C)c1cnc2nc(-c3n[nH]c4c3CC(C)CC4)[nH]c2c1. The zero-order chi connectivity index (χ0) is 19.8. The van der Waals surface area contributed by atoms with E-state index in [1.54, 1.807) is 18.1 Å². The Balaban J connectivity index is 1.63. The minimum Gasteiger partial charge on any atom is -0.335 e. The third-order valence-electron chi connectivity index (χ3n) is 5.92. The van der Waals surface area contributed by atoms with Crippen molar-refractivity contribution in [2.45, 2.75) is 52.9 Å². The number of hydrogen-bond acceptors (Lipinski definition) is 4. The molecule has 0 radical (unpaired) electrons. The molecule has 3 aromatic heterocycles. The number of aromatic nitrogens is 5. The van der Waals surface area contributed by atoms with E-state index in [4.69, 9.17) is 0 Å². The first kappa shape index (κ1) is 18.7. The molecule has 2 unspecified atom stereocenters. The van der Waals surface area contributed by atoms with Gasteiger partial charge in [0.25, 0.3) is 0 Å². The second kappa shape index (κ2) is 7.37. The van der Waals surface area contributed by atoms with Gasteiger partial charge in [0.05, 0.1) is 17.4 Å². The number of H-pyrrole nitrogens is 2. The van der Waals surface area contributed by atoms with E-state index in [0.29, 0.717) is 23.9 Å². The van der Waals surface area contributed by atoms with Crippen LogP contribution >= 0.6 is 0 Å². The van der Waals surface area contributed by atoms with Crippen molar-refractivity contribution in [2.24, 2.45) is 11.8 Å². The highest BCUT2D eigenvalue weighted by atomic mass is 16.2. The lowest BCUT2D eigenvalue weighted by molar-refractivity contribution is -0.119. The maximum absolute atomic E-state index is 12.5. The number of pyridine rings is 1. The van der Waals surface area contributed by atoms with Gasteiger partial charge in [-0.05, 0) is 37.2 Å². The lowest BCUT2D eigenvalue weighted by atomic mass is 9.88. The minimum atomic E-state index is 0.102. The van der Waals surface area contributed by atoms with Crippen molar-refractivity contribution in [2.75, 3.05) is 11.9 Å². The number of nitrogens with one attached hydrogen (secondary N) is 2. The molecule has 1 aliphatic carbocycles. The van der Waals surface area contributed by atoms with E-state index in [1.807, 2.05) is 6.07 Å². The molecular weight excluding hydrogens is 352 g/mol. The quantitative estimate of drug-likeness (QED) is 0.703. The Labute approximate surface area is 165 Å². The molecule has 2 atom stereocenters. The summed E-state index contributed by atoms with van der Waals surface area (Å²) in [6.07, 6.45) is 6.49. The Bertz CT molecular complexity index is 1000. The van der Waals surface area contributed by atoms with Crippen LogP contribution in [0.3, 0.4) is 0 Å². The molecule has 28 heavy (non-hydrogen) atoms. The van der Waals surface area contributed by atoms with Crippen molar-refractivity contribution < 1.29 is 4.79 Å². The zero-order valence-electron chi connectivity index (χ0n) is 17.0. The summed E-state index contributed by atoms with van der Waals surface area (Å²) in [4.78, 5) is 26.6. The van der Waals surface area contributed by atoms with Crippen LogP contribution < -0.4 is 4.90 Å². The molecule has 148 valence electrons. The molecule has 0 aliphatic heterocycles. The van der Waals surface area contributed by atoms with Gasteiger partial charge >= 0.3 is 0 Å². The maximum atomic E-state index is 12.5. The Kier molecular flexibility index (Phi) is 4.91. The second-order valence-electron chi connectivity index (χ2n) is 8.20. The summed E-state index contributed by atoms with van der Waals surface area (Å²) in [6.45, 7) is 6.48. The molecular formula is C21H28N6O. The number of hydrogen-bond donors (Lipinski definition) is 2. The topological polar surface area (TPSA) is 90.6 Å². The van der Waals surface area contributed by atoms with E-state index in [0.717, 1.165) is 42.0 Å². The first-order chi connectivity index (χ1) is 13.5. The van der Waals surface area contributed by atoms with Crippen molar-refractivity contribution in [1.82, 2.24) is 25.1 Å². The van der Waals surface area contributed by atoms with Crippen molar-refractivity contribution in [3.05, 3.63) is 23.5 Å². The fraction of sp³-hybridized carbons (Fsp3) is 0.524. The Morgan fingerprint density at radius 2 is 2.25 bits per heavy atom. The van der Waals surface area contributed by atoms with Crippen LogP contribution in [0.1, 0.15) is 51.3 Å². The van der Waals surface area contributed by atoms with Crippen LogP contribution in [0.5, 0.6) is 0 Å². The molecule has 0 aromatic carbocycles. The molecule has 3 heterocycles. The third kappa shape index (κ3) is 3.41. The van der Waals surface area contributed by atoms with E-state index >= 15 is 0 Å². The number of aromatic amines is 2. The Morgan fingerprint density at radius 3 is 3.04 bits per heavy atom. The summed E-state index contributed by atoms with van der Waals surface area (Å²) in [6, 6.07) is 1.94. The van der Waals surface area contributed by atoms with Crippen molar-refractivity contribution in [1.29, 1.82) is 0 Å². The first-order valence-electron chi connectivity index (χ1n) is 10.1. The zero-order valence-corrected chi connectivity index (χ0v) is 17.0. The molecule has 0 fully saturated rings. The fourth-order valence-corrected chi connectivity index (χ4v) is 3.77. The Morgan fingerprint density at radius 1 is 1.43 bits per heavy atom. The Hall–Kier alpha value is -2.70. The molecule has 0 saturated heterocycles. The van der Waals surface area contributed by atoms with Crippen LogP contribution in [0.4, 0.5) is 5.69 Å². The summed E-state index contributed by atoms with van der Waals surface area (Å²) in [7, 11) is 1.80. The summed E-state index contributed by atoms with van der Waals surface area (Å²) in [5.74, 6) is 1.87. The first-order valence-corrected chi connectivity index (χ1v) is 10.1. The molecule has 4 rings (SSSR count). The lowest BCUT2D eigenvalue weighted by Gasteiger charge is -2.18. The van der Waals surface area contributed by atoms with Gasteiger partial charge in [-0.2, -0.15) is 5.10 Å². The fourth-order valence-electron chi connectivity index (χ4n) is 3.77. The monoisotopic (exact) mass is 380 g/mol. The van der Waals surface area contributed by atoms with Gasteiger partial charge in [0, 0.05) is 24.7 Å². The van der Waals surface area contributed by atoms with Crippen molar-refractivity contribution in [3.63, 3.8) is 0 Å². The lowest BCUT2D eigenvalue weighted by Crippen LogP contribution is -2.27. The van der Waals surface area contributed by atoms with Crippen molar-refractivity contribution in [3.8, 4) is 11.5 Å². The highest BCUT2D eigenvalue weighted by Crippen LogP contribution is 2.31. The van der Waals surface area contributed by atoms with Crippen LogP contribution in [-0.4, -0.2) is 38.1 Å². The minimum absolute atomic E-state index is 0.102. The number of amides is 1. The molecule has 0 saturated carbocycles. The van der Waals surface area contributed by atoms with Gasteiger partial charge in [-0.15, -0.1) is 0 Å². The van der Waals surface area contributed by atoms with Gasteiger partial charge in [-0.25, -0.2) is 9.97 Å². The summed E-state index contributed by atoms with van der Waals surface area (Å²) in [5, 5.41) is 7.69. The standard InChI is InChI=1S/C21H28N6O/c1-5-12(2)9-18(28)27(4)14-10-17-20(22-11-14)24-21(23-17)19-15-8-13(3)6-7-16(15)25-26-19/h10-13H,5-9H2,1-4H3,(H,25,26)(H,22,23,24). The molecule has 1 amide bonds. The van der Waals surface area contributed by atoms with Crippen LogP contribution in [0.25, 0.3) is 22.7 Å². The van der Waals surface area contributed by atoms with Gasteiger partial charge in [-0.1, -0.05) is 27.2 Å². The van der Waals surface area contributed by atoms with Gasteiger partial charge in [0.1, 0.15) is 5.69 Å². The summed E-state index contributed by atoms with van der Waals surface area (Å²) < 4.78 is 0. The molecule has 7 heteroatoms. The predicted octanol–water partition coefficient (Wildman–Crippen LogP) is 3.87. The van der Waals surface area contributed by atoms with Gasteiger partial charge in [0.15, 0.2) is 11.5 Å². The maximum Gasteiger partial charge on any atom is 0.227 e. The normalized spacial score (nSPS) is 17.5. The number of carbonyl (C=O) groups is 1. The molecule has 3 aromatic rings. The van der Waals surface area contributed by atoms with Gasteiger partial charge < -0.3 is 9.88 Å². The van der Waals surface area contributed by atoms with E-state index in [2.05, 4.69) is 45.9 Å². The summed E-state index contributed by atoms with van der Waals surface area (Å²) >= 11 is 0. The second-order valence-corrected chi connectivity index (χ2v) is 8.20. The number of nitrogens with zero attached hydrogens (tertiary/aromatic N) is 4. The number of anilines is 1.